The molecule has 1 fully saturated rings. The first-order valence-electron chi connectivity index (χ1n) is 9.47. The van der Waals surface area contributed by atoms with Crippen molar-refractivity contribution in [3.63, 3.8) is 0 Å². The average Bonchev–Trinajstić information content (AvgIpc) is 3.10. The van der Waals surface area contributed by atoms with Crippen LogP contribution in [0.4, 0.5) is 0 Å². The van der Waals surface area contributed by atoms with E-state index in [9.17, 15) is 4.79 Å². The zero-order valence-corrected chi connectivity index (χ0v) is 16.5. The number of amides is 1. The molecule has 0 saturated carbocycles. The number of piperidine rings is 1. The molecule has 1 saturated heterocycles. The van der Waals surface area contributed by atoms with Crippen LogP contribution in [0.2, 0.25) is 0 Å². The second-order valence-electron chi connectivity index (χ2n) is 7.18. The van der Waals surface area contributed by atoms with Crippen LogP contribution in [0.3, 0.4) is 0 Å². The van der Waals surface area contributed by atoms with Gasteiger partial charge in [0.2, 0.25) is 5.91 Å². The van der Waals surface area contributed by atoms with Crippen molar-refractivity contribution in [3.05, 3.63) is 42.6 Å². The van der Waals surface area contributed by atoms with Gasteiger partial charge in [-0.05, 0) is 57.4 Å². The van der Waals surface area contributed by atoms with Gasteiger partial charge >= 0.3 is 0 Å². The first-order valence-corrected chi connectivity index (χ1v) is 10.5. The van der Waals surface area contributed by atoms with Crippen LogP contribution in [0.5, 0.6) is 0 Å². The van der Waals surface area contributed by atoms with E-state index < -0.39 is 0 Å². The lowest BCUT2D eigenvalue weighted by atomic mass is 9.98. The van der Waals surface area contributed by atoms with E-state index in [0.29, 0.717) is 17.8 Å². The minimum absolute atomic E-state index is 0.195. The molecule has 27 heavy (non-hydrogen) atoms. The molecular formula is C21H24N4OS. The fourth-order valence-corrected chi connectivity index (χ4v) is 4.75. The van der Waals surface area contributed by atoms with Gasteiger partial charge in [0.15, 0.2) is 0 Å². The largest absolute Gasteiger partial charge is 0.338 e. The number of nitrogens with zero attached hydrogens (tertiary/aromatic N) is 3. The predicted octanol–water partition coefficient (Wildman–Crippen LogP) is 4.51. The van der Waals surface area contributed by atoms with Gasteiger partial charge in [-0.3, -0.25) is 4.79 Å². The van der Waals surface area contributed by atoms with Crippen molar-refractivity contribution < 1.29 is 4.79 Å². The van der Waals surface area contributed by atoms with Crippen molar-refractivity contribution in [1.82, 2.24) is 19.9 Å². The quantitative estimate of drug-likeness (QED) is 0.677. The molecule has 1 aliphatic rings. The summed E-state index contributed by atoms with van der Waals surface area (Å²) in [6.07, 6.45) is 5.16. The Morgan fingerprint density at radius 1 is 1.19 bits per heavy atom. The summed E-state index contributed by atoms with van der Waals surface area (Å²) in [6, 6.07) is 12.5. The van der Waals surface area contributed by atoms with Gasteiger partial charge in [0.25, 0.3) is 0 Å². The third kappa shape index (κ3) is 3.72. The maximum Gasteiger partial charge on any atom is 0.233 e. The molecule has 3 aromatic rings. The zero-order valence-electron chi connectivity index (χ0n) is 15.7. The molecule has 0 spiro atoms. The highest BCUT2D eigenvalue weighted by Gasteiger charge is 2.28. The van der Waals surface area contributed by atoms with E-state index in [1.54, 1.807) is 6.20 Å². The molecule has 1 N–H and O–H groups in total. The van der Waals surface area contributed by atoms with Crippen molar-refractivity contribution in [2.24, 2.45) is 0 Å². The lowest BCUT2D eigenvalue weighted by Crippen LogP contribution is -2.48. The van der Waals surface area contributed by atoms with Gasteiger partial charge in [-0.1, -0.05) is 23.9 Å². The van der Waals surface area contributed by atoms with Gasteiger partial charge in [-0.2, -0.15) is 0 Å². The van der Waals surface area contributed by atoms with E-state index in [0.717, 1.165) is 40.3 Å². The highest BCUT2D eigenvalue weighted by molar-refractivity contribution is 8.00. The number of H-pyrrole nitrogens is 1. The van der Waals surface area contributed by atoms with Gasteiger partial charge in [0.05, 0.1) is 16.8 Å². The molecule has 0 bridgehead atoms. The molecular weight excluding hydrogens is 356 g/mol. The highest BCUT2D eigenvalue weighted by atomic mass is 32.2. The Bertz CT molecular complexity index is 911. The Labute approximate surface area is 163 Å². The van der Waals surface area contributed by atoms with Crippen LogP contribution in [0.25, 0.3) is 22.4 Å². The number of carbonyl (C=O) groups is 1. The average molecular weight is 381 g/mol. The van der Waals surface area contributed by atoms with Crippen LogP contribution in [0, 0.1) is 0 Å². The number of thioether (sulfide) groups is 1. The second-order valence-corrected chi connectivity index (χ2v) is 8.14. The molecule has 2 aromatic heterocycles. The fraction of sp³-hybridized carbons (Fsp3) is 0.381. The SMILES string of the molecule is C[C@@H]1CCC[C@@H](C)N1C(=O)CSc1ncccc1-c1nc2ccccc2[nH]1. The van der Waals surface area contributed by atoms with Crippen LogP contribution in [-0.2, 0) is 4.79 Å². The number of aromatic nitrogens is 3. The zero-order chi connectivity index (χ0) is 18.8. The van der Waals surface area contributed by atoms with Crippen molar-refractivity contribution >= 4 is 28.7 Å². The number of pyridine rings is 1. The summed E-state index contributed by atoms with van der Waals surface area (Å²) in [5, 5.41) is 0.835. The standard InChI is InChI=1S/C21H24N4OS/c1-14-7-5-8-15(2)25(14)19(26)13-27-21-16(9-6-12-22-21)20-23-17-10-3-4-11-18(17)24-20/h3-4,6,9-12,14-15H,5,7-8,13H2,1-2H3,(H,23,24)/t14-,15-/m1/s1. The van der Waals surface area contributed by atoms with Gasteiger partial charge in [0, 0.05) is 23.8 Å². The predicted molar refractivity (Wildman–Crippen MR) is 110 cm³/mol. The molecule has 3 heterocycles. The topological polar surface area (TPSA) is 61.9 Å². The number of aromatic amines is 1. The maximum absolute atomic E-state index is 12.8. The van der Waals surface area contributed by atoms with E-state index in [-0.39, 0.29) is 5.91 Å². The molecule has 0 radical (unpaired) electrons. The number of rotatable bonds is 4. The Balaban J connectivity index is 1.54. The number of imidazole rings is 1. The summed E-state index contributed by atoms with van der Waals surface area (Å²) in [5.74, 6) is 1.39. The molecule has 0 unspecified atom stereocenters. The lowest BCUT2D eigenvalue weighted by Gasteiger charge is -2.39. The summed E-state index contributed by atoms with van der Waals surface area (Å²) in [4.78, 5) is 27.4. The maximum atomic E-state index is 12.8. The number of nitrogens with one attached hydrogen (secondary N) is 1. The number of carbonyl (C=O) groups excluding carboxylic acids is 1. The van der Waals surface area contributed by atoms with Crippen LogP contribution < -0.4 is 0 Å². The van der Waals surface area contributed by atoms with E-state index >= 15 is 0 Å². The molecule has 1 aromatic carbocycles. The number of hydrogen-bond acceptors (Lipinski definition) is 4. The summed E-state index contributed by atoms with van der Waals surface area (Å²) in [7, 11) is 0. The monoisotopic (exact) mass is 380 g/mol. The van der Waals surface area contributed by atoms with Gasteiger partial charge in [-0.25, -0.2) is 9.97 Å². The van der Waals surface area contributed by atoms with E-state index in [1.165, 1.54) is 18.2 Å². The van der Waals surface area contributed by atoms with E-state index in [1.807, 2.05) is 36.4 Å². The Morgan fingerprint density at radius 3 is 2.74 bits per heavy atom. The molecule has 1 amide bonds. The van der Waals surface area contributed by atoms with Gasteiger partial charge < -0.3 is 9.88 Å². The Hall–Kier alpha value is -2.34. The van der Waals surface area contributed by atoms with Crippen LogP contribution >= 0.6 is 11.8 Å². The summed E-state index contributed by atoms with van der Waals surface area (Å²) < 4.78 is 0. The molecule has 6 heteroatoms. The third-order valence-corrected chi connectivity index (χ3v) is 6.22. The van der Waals surface area contributed by atoms with Crippen molar-refractivity contribution in [3.8, 4) is 11.4 Å². The summed E-state index contributed by atoms with van der Waals surface area (Å²) in [6.45, 7) is 4.30. The van der Waals surface area contributed by atoms with Gasteiger partial charge in [0.1, 0.15) is 10.9 Å². The van der Waals surface area contributed by atoms with Crippen molar-refractivity contribution in [1.29, 1.82) is 0 Å². The van der Waals surface area contributed by atoms with Crippen LogP contribution in [0.15, 0.2) is 47.6 Å². The minimum atomic E-state index is 0.195. The second kappa shape index (κ2) is 7.72. The molecule has 2 atom stereocenters. The number of para-hydroxylation sites is 2. The number of fused-ring (bicyclic) bond motifs is 1. The molecule has 140 valence electrons. The third-order valence-electron chi connectivity index (χ3n) is 5.23. The Morgan fingerprint density at radius 2 is 1.96 bits per heavy atom. The number of hydrogen-bond donors (Lipinski definition) is 1. The normalized spacial score (nSPS) is 20.1. The first-order chi connectivity index (χ1) is 13.1. The van der Waals surface area contributed by atoms with Crippen LogP contribution in [-0.4, -0.2) is 43.6 Å². The fourth-order valence-electron chi connectivity index (χ4n) is 3.88. The minimum Gasteiger partial charge on any atom is -0.338 e. The van der Waals surface area contributed by atoms with E-state index in [2.05, 4.69) is 33.7 Å². The highest BCUT2D eigenvalue weighted by Crippen LogP contribution is 2.30. The Kier molecular flexibility index (Phi) is 5.16. The molecule has 4 rings (SSSR count). The molecule has 0 aliphatic carbocycles. The summed E-state index contributed by atoms with van der Waals surface area (Å²) in [5.41, 5.74) is 2.87. The van der Waals surface area contributed by atoms with Crippen molar-refractivity contribution in [2.75, 3.05) is 5.75 Å². The first kappa shape index (κ1) is 18.0. The van der Waals surface area contributed by atoms with Gasteiger partial charge in [-0.15, -0.1) is 0 Å². The smallest absolute Gasteiger partial charge is 0.233 e. The van der Waals surface area contributed by atoms with Crippen LogP contribution in [0.1, 0.15) is 33.1 Å². The lowest BCUT2D eigenvalue weighted by molar-refractivity contribution is -0.134. The van der Waals surface area contributed by atoms with E-state index in [4.69, 9.17) is 0 Å². The number of benzene rings is 1. The molecule has 1 aliphatic heterocycles. The van der Waals surface area contributed by atoms with Crippen molar-refractivity contribution in [2.45, 2.75) is 50.2 Å². The molecule has 5 nitrogen and oxygen atoms in total. The summed E-state index contributed by atoms with van der Waals surface area (Å²) >= 11 is 1.50. The number of likely N-dealkylation sites (tertiary alicyclic amines) is 1.